The molecule has 8 saturated heterocycles. The average molecular weight is 1950 g/mol. The highest BCUT2D eigenvalue weighted by Gasteiger charge is 2.46. The smallest absolute Gasteiger partial charge is 0.335 e. The summed E-state index contributed by atoms with van der Waals surface area (Å²) in [5.41, 5.74) is 2.76. The van der Waals surface area contributed by atoms with E-state index in [0.29, 0.717) is 122 Å². The van der Waals surface area contributed by atoms with Crippen LogP contribution >= 0.6 is 47.0 Å². The fraction of sp³-hybridized carbons (Fsp3) is 0.772. The molecule has 8 aliphatic rings. The molecule has 29 nitrogen and oxygen atoms in total. The highest BCUT2D eigenvalue weighted by Crippen LogP contribution is 2.37. The van der Waals surface area contributed by atoms with E-state index in [1.807, 2.05) is 92.1 Å². The third-order valence-corrected chi connectivity index (χ3v) is 32.6. The summed E-state index contributed by atoms with van der Waals surface area (Å²) >= 11 is 7.72. The van der Waals surface area contributed by atoms with Crippen LogP contribution in [-0.4, -0.2) is 264 Å². The Morgan fingerprint density at radius 2 is 0.642 bits per heavy atom. The molecule has 8 fully saturated rings. The van der Waals surface area contributed by atoms with Crippen molar-refractivity contribution in [2.75, 3.05) is 108 Å². The van der Waals surface area contributed by atoms with Gasteiger partial charge >= 0.3 is 36.1 Å². The Morgan fingerprint density at radius 1 is 0.343 bits per heavy atom. The summed E-state index contributed by atoms with van der Waals surface area (Å²) in [6, 6.07) is 17.0. The first-order valence-electron chi connectivity index (χ1n) is 51.5. The molecule has 12 unspecified atom stereocenters. The molecule has 8 aliphatic heterocycles. The molecule has 12 N–H and O–H groups in total. The number of hydrogen-bond donors (Lipinski definition) is 12. The molecule has 11 amide bonds. The average Bonchev–Trinajstić information content (AvgIpc) is 1.68. The number of amides is 11. The molecule has 2 aromatic rings. The Kier molecular flexibility index (Phi) is 53.5. The SMILES string of the molecule is CC(C)(C)OC(=O)CCOCCOCCOCCNC(=O)c1ccc(CN(CCCCCCCCCC(=O)CCCCC2SCC3NC(=O)NC32)CCCCCCCNC(=O)CCCCC2SCC3NC(=O)NC32)cc1.O=C(CCCCCCCCCN(CCCCCCCNC(=O)CCCCC1SCC2NC(=O)NC21)Cc1ccc(C(=O)O)cc1)CCCCC1SCC2NC(=O)NC21. The van der Waals surface area contributed by atoms with Crippen molar-refractivity contribution in [1.82, 2.24) is 68.3 Å². The van der Waals surface area contributed by atoms with Crippen LogP contribution in [0.25, 0.3) is 0 Å². The number of thioether (sulfide) groups is 4. The molecule has 0 saturated carbocycles. The predicted molar refractivity (Wildman–Crippen MR) is 538 cm³/mol. The van der Waals surface area contributed by atoms with E-state index in [1.165, 1.54) is 56.9 Å². The van der Waals surface area contributed by atoms with Crippen molar-refractivity contribution in [3.05, 3.63) is 70.8 Å². The quantitative estimate of drug-likeness (QED) is 0.0166. The van der Waals surface area contributed by atoms with Gasteiger partial charge < -0.3 is 82.5 Å². The molecule has 12 atom stereocenters. The van der Waals surface area contributed by atoms with Gasteiger partial charge in [0.2, 0.25) is 11.8 Å². The van der Waals surface area contributed by atoms with E-state index in [2.05, 4.69) is 80.4 Å². The fourth-order valence-corrected chi connectivity index (χ4v) is 25.3. The first kappa shape index (κ1) is 111. The number of carbonyl (C=O) groups excluding carboxylic acids is 10. The number of aromatic carboxylic acids is 1. The third-order valence-electron chi connectivity index (χ3n) is 26.6. The number of ether oxygens (including phenoxy) is 4. The molecule has 134 heavy (non-hydrogen) atoms. The summed E-state index contributed by atoms with van der Waals surface area (Å²) in [5.74, 6) is 3.64. The number of hydrogen-bond acceptors (Lipinski definition) is 21. The fourth-order valence-electron chi connectivity index (χ4n) is 19.1. The van der Waals surface area contributed by atoms with E-state index < -0.39 is 11.6 Å². The zero-order chi connectivity index (χ0) is 95.2. The van der Waals surface area contributed by atoms with Crippen molar-refractivity contribution >= 4 is 112 Å². The molecule has 33 heteroatoms. The Balaban J connectivity index is 0.000000312. The molecule has 10 rings (SSSR count). The Labute approximate surface area is 816 Å². The van der Waals surface area contributed by atoms with Gasteiger partial charge in [0.25, 0.3) is 5.91 Å². The topological polar surface area (TPSA) is 384 Å². The molecule has 0 aromatic heterocycles. The second kappa shape index (κ2) is 64.6. The van der Waals surface area contributed by atoms with E-state index >= 15 is 0 Å². The lowest BCUT2D eigenvalue weighted by Gasteiger charge is -2.23. The Bertz CT molecular complexity index is 3800. The zero-order valence-electron chi connectivity index (χ0n) is 81.0. The monoisotopic (exact) mass is 1940 g/mol. The van der Waals surface area contributed by atoms with Crippen molar-refractivity contribution in [2.45, 2.75) is 385 Å². The molecule has 0 bridgehead atoms. The molecule has 0 aliphatic carbocycles. The lowest BCUT2D eigenvalue weighted by molar-refractivity contribution is -0.156. The number of carboxylic acid groups (broad SMARTS) is 1. The number of Topliss-reactive ketones (excluding diaryl/α,β-unsaturated/α-hetero) is 2. The maximum absolute atomic E-state index is 12.9. The van der Waals surface area contributed by atoms with Crippen LogP contribution in [0.4, 0.5) is 19.2 Å². The second-order valence-electron chi connectivity index (χ2n) is 38.9. The zero-order valence-corrected chi connectivity index (χ0v) is 84.3. The summed E-state index contributed by atoms with van der Waals surface area (Å²) in [5, 5.41) is 44.4. The highest BCUT2D eigenvalue weighted by molar-refractivity contribution is 8.01. The maximum atomic E-state index is 12.9. The van der Waals surface area contributed by atoms with Crippen LogP contribution in [-0.2, 0) is 56.0 Å². The minimum absolute atomic E-state index is 0.0385. The standard InChI is InChI=1S/C57H95N7O10S2.C44H70N6O6S2/c1-57(2,3)74-51(67)29-34-71-36-38-73-39-37-72-35-31-59-54(68)44-27-25-43(26-28-44)40-64(33-19-11-7-9-17-30-58-50(66)24-16-15-23-49-53-47(42-76-49)61-56(70)63-53)32-18-10-6-4-5-8-12-20-45(65)21-13-14-22-48-52-46(41-75-48)60-55(69)62-52;51-34(18-10-11-19-37-40-35(30-57-37)46-43(55)48-40)17-9-5-2-1-3-7-15-27-50(29-32-22-24-33(25-23-32)42(53)54)28-16-8-4-6-14-26-45-39(52)21-13-12-20-38-41-36(31-58-38)47-44(56)49-41/h25-28,46-49,52-53H,4-24,29-42H2,1-3H3,(H,58,66)(H,59,68)(H2,60,62,69)(H2,61,63,70);22-25,35-38,40-41H,1-21,26-31H2,(H,45,52)(H,53,54)(H2,46,48,55)(H2,47,49,56). The highest BCUT2D eigenvalue weighted by atomic mass is 32.2. The van der Waals surface area contributed by atoms with Gasteiger partial charge in [-0.3, -0.25) is 38.6 Å². The van der Waals surface area contributed by atoms with Crippen molar-refractivity contribution in [1.29, 1.82) is 0 Å². The number of nitrogens with zero attached hydrogens (tertiary/aromatic N) is 2. The van der Waals surface area contributed by atoms with Gasteiger partial charge in [0.15, 0.2) is 0 Å². The van der Waals surface area contributed by atoms with Gasteiger partial charge in [-0.2, -0.15) is 47.0 Å². The van der Waals surface area contributed by atoms with Crippen LogP contribution in [0.3, 0.4) is 0 Å². The summed E-state index contributed by atoms with van der Waals surface area (Å²) in [7, 11) is 0. The van der Waals surface area contributed by atoms with Gasteiger partial charge in [-0.15, -0.1) is 0 Å². The first-order valence-corrected chi connectivity index (χ1v) is 55.7. The second-order valence-corrected chi connectivity index (χ2v) is 44.0. The van der Waals surface area contributed by atoms with Gasteiger partial charge in [0.1, 0.15) is 17.2 Å². The maximum Gasteiger partial charge on any atom is 0.335 e. The lowest BCUT2D eigenvalue weighted by Crippen LogP contribution is -2.36. The number of rotatable bonds is 74. The summed E-state index contributed by atoms with van der Waals surface area (Å²) in [6.07, 6.45) is 43.0. The van der Waals surface area contributed by atoms with Gasteiger partial charge in [0.05, 0.1) is 100.0 Å². The Hall–Kier alpha value is -6.59. The van der Waals surface area contributed by atoms with Crippen LogP contribution in [0.15, 0.2) is 48.5 Å². The number of carbonyl (C=O) groups is 11. The van der Waals surface area contributed by atoms with Gasteiger partial charge in [0, 0.05) is 121 Å². The molecule has 0 radical (unpaired) electrons. The van der Waals surface area contributed by atoms with Gasteiger partial charge in [-0.05, 0) is 185 Å². The predicted octanol–water partition coefficient (Wildman–Crippen LogP) is 15.6. The first-order chi connectivity index (χ1) is 65.1. The number of urea groups is 4. The van der Waals surface area contributed by atoms with Crippen LogP contribution < -0.4 is 58.5 Å². The molecule has 2 aromatic carbocycles. The van der Waals surface area contributed by atoms with Crippen LogP contribution in [0, 0.1) is 0 Å². The van der Waals surface area contributed by atoms with E-state index in [9.17, 15) is 57.8 Å². The number of unbranched alkanes of at least 4 members (excludes halogenated alkanes) is 24. The van der Waals surface area contributed by atoms with E-state index in [4.69, 9.17) is 18.9 Å². The van der Waals surface area contributed by atoms with Gasteiger partial charge in [-0.1, -0.05) is 153 Å². The van der Waals surface area contributed by atoms with E-state index in [1.54, 1.807) is 12.1 Å². The van der Waals surface area contributed by atoms with Crippen molar-refractivity contribution in [3.8, 4) is 0 Å². The van der Waals surface area contributed by atoms with E-state index in [-0.39, 0.29) is 109 Å². The normalized spacial score (nSPS) is 21.8. The molecule has 754 valence electrons. The summed E-state index contributed by atoms with van der Waals surface area (Å²) < 4.78 is 21.9. The molecule has 0 spiro atoms. The van der Waals surface area contributed by atoms with Crippen molar-refractivity contribution in [3.63, 3.8) is 0 Å². The lowest BCUT2D eigenvalue weighted by atomic mass is 10.0. The minimum Gasteiger partial charge on any atom is -0.478 e. The van der Waals surface area contributed by atoms with E-state index in [0.717, 1.165) is 261 Å². The molecular weight excluding hydrogens is 1780 g/mol. The summed E-state index contributed by atoms with van der Waals surface area (Å²) in [4.78, 5) is 137. The number of fused-ring (bicyclic) bond motifs is 4. The van der Waals surface area contributed by atoms with Gasteiger partial charge in [-0.25, -0.2) is 24.0 Å². The summed E-state index contributed by atoms with van der Waals surface area (Å²) in [6.45, 7) is 15.4. The molecular formula is C101H165N13O16S4. The largest absolute Gasteiger partial charge is 0.478 e. The molecule has 8 heterocycles. The van der Waals surface area contributed by atoms with Crippen LogP contribution in [0.2, 0.25) is 0 Å². The Morgan fingerprint density at radius 3 is 0.985 bits per heavy atom. The van der Waals surface area contributed by atoms with Crippen molar-refractivity contribution < 1.29 is 76.8 Å². The third kappa shape index (κ3) is 45.1. The minimum atomic E-state index is -0.898. The number of carboxylic acids is 1. The number of benzene rings is 2. The number of nitrogens with one attached hydrogen (secondary N) is 11. The van der Waals surface area contributed by atoms with Crippen molar-refractivity contribution in [2.24, 2.45) is 0 Å². The number of ketones is 2. The number of esters is 1. The van der Waals surface area contributed by atoms with Crippen LogP contribution in [0.5, 0.6) is 0 Å². The van der Waals surface area contributed by atoms with Crippen LogP contribution in [0.1, 0.15) is 329 Å².